The Morgan fingerprint density at radius 2 is 1.71 bits per heavy atom. The maximum Gasteiger partial charge on any atom is 0.387 e. The van der Waals surface area contributed by atoms with Crippen molar-refractivity contribution >= 4 is 5.91 Å². The lowest BCUT2D eigenvalue weighted by Crippen LogP contribution is -2.88. The molecule has 2 rings (SSSR count). The van der Waals surface area contributed by atoms with Crippen molar-refractivity contribution in [2.45, 2.75) is 32.9 Å². The third-order valence-corrected chi connectivity index (χ3v) is 4.41. The molecular formula is C21H26F3N2O2+. The Morgan fingerprint density at radius 1 is 1.07 bits per heavy atom. The largest absolute Gasteiger partial charge is 0.435 e. The molecule has 2 aromatic rings. The average Bonchev–Trinajstić information content (AvgIpc) is 2.64. The molecule has 0 aromatic heterocycles. The van der Waals surface area contributed by atoms with Crippen LogP contribution in [0.5, 0.6) is 5.75 Å². The third kappa shape index (κ3) is 7.23. The Balaban J connectivity index is 1.76. The monoisotopic (exact) mass is 395 g/mol. The number of carbonyl (C=O) groups excluding carboxylic acids is 1. The molecule has 0 unspecified atom stereocenters. The van der Waals surface area contributed by atoms with Crippen LogP contribution in [-0.4, -0.2) is 25.6 Å². The Labute approximate surface area is 163 Å². The van der Waals surface area contributed by atoms with Gasteiger partial charge in [0, 0.05) is 18.0 Å². The predicted molar refractivity (Wildman–Crippen MR) is 101 cm³/mol. The number of hydrogen-bond donors (Lipinski definition) is 2. The first kappa shape index (κ1) is 21.8. The zero-order chi connectivity index (χ0) is 20.5. The Morgan fingerprint density at radius 3 is 2.29 bits per heavy atom. The van der Waals surface area contributed by atoms with Crippen LogP contribution in [0.4, 0.5) is 13.2 Å². The van der Waals surface area contributed by atoms with Crippen molar-refractivity contribution in [2.75, 3.05) is 13.1 Å². The lowest BCUT2D eigenvalue weighted by Gasteiger charge is -2.19. The maximum absolute atomic E-state index is 13.1. The van der Waals surface area contributed by atoms with Gasteiger partial charge < -0.3 is 15.4 Å². The average molecular weight is 395 g/mol. The number of halogens is 3. The predicted octanol–water partition coefficient (Wildman–Crippen LogP) is 3.05. The quantitative estimate of drug-likeness (QED) is 0.650. The van der Waals surface area contributed by atoms with Gasteiger partial charge in [0.25, 0.3) is 5.91 Å². The van der Waals surface area contributed by atoms with Crippen LogP contribution in [0.3, 0.4) is 0 Å². The van der Waals surface area contributed by atoms with Crippen LogP contribution in [-0.2, 0) is 11.2 Å². The summed E-state index contributed by atoms with van der Waals surface area (Å²) in [6.45, 7) is 1.99. The molecule has 7 heteroatoms. The van der Waals surface area contributed by atoms with Gasteiger partial charge in [0.2, 0.25) is 0 Å². The summed E-state index contributed by atoms with van der Waals surface area (Å²) in [4.78, 5) is 12.1. The van der Waals surface area contributed by atoms with E-state index in [-0.39, 0.29) is 36.0 Å². The van der Waals surface area contributed by atoms with Crippen molar-refractivity contribution in [1.82, 2.24) is 5.32 Å². The standard InChI is InChI=1S/C21H25F3N2O2/c1-14(2)20(16-5-7-17(22)8-6-16)26-13-19(27)25-12-11-15-3-9-18(10-4-15)28-21(23)24/h3-10,14,20-21,26H,11-13H2,1-2H3,(H,25,27)/p+1/t20-/m0/s1. The van der Waals surface area contributed by atoms with E-state index in [1.807, 2.05) is 5.32 Å². The molecule has 0 fully saturated rings. The molecular weight excluding hydrogens is 369 g/mol. The summed E-state index contributed by atoms with van der Waals surface area (Å²) in [5, 5.41) is 4.80. The summed E-state index contributed by atoms with van der Waals surface area (Å²) < 4.78 is 41.7. The normalized spacial score (nSPS) is 12.2. The summed E-state index contributed by atoms with van der Waals surface area (Å²) in [7, 11) is 0. The number of rotatable bonds is 10. The van der Waals surface area contributed by atoms with E-state index in [1.54, 1.807) is 24.3 Å². The molecule has 0 aliphatic heterocycles. The fourth-order valence-corrected chi connectivity index (χ4v) is 2.97. The van der Waals surface area contributed by atoms with E-state index in [4.69, 9.17) is 0 Å². The molecule has 28 heavy (non-hydrogen) atoms. The number of benzene rings is 2. The van der Waals surface area contributed by atoms with Crippen molar-refractivity contribution in [3.05, 3.63) is 65.5 Å². The second kappa shape index (κ2) is 10.7. The highest BCUT2D eigenvalue weighted by Gasteiger charge is 2.20. The minimum Gasteiger partial charge on any atom is -0.435 e. The Hall–Kier alpha value is -2.54. The molecule has 0 heterocycles. The SMILES string of the molecule is CC(C)[C@H]([NH2+]CC(=O)NCCc1ccc(OC(F)F)cc1)c1ccc(F)cc1. The van der Waals surface area contributed by atoms with Gasteiger partial charge >= 0.3 is 6.61 Å². The molecule has 3 N–H and O–H groups in total. The van der Waals surface area contributed by atoms with E-state index in [0.717, 1.165) is 11.1 Å². The molecule has 1 amide bonds. The van der Waals surface area contributed by atoms with Gasteiger partial charge in [0.1, 0.15) is 17.6 Å². The first-order valence-electron chi connectivity index (χ1n) is 9.24. The molecule has 152 valence electrons. The summed E-state index contributed by atoms with van der Waals surface area (Å²) in [5.41, 5.74) is 1.90. The van der Waals surface area contributed by atoms with Crippen LogP contribution in [0.15, 0.2) is 48.5 Å². The van der Waals surface area contributed by atoms with Gasteiger partial charge in [-0.1, -0.05) is 38.1 Å². The van der Waals surface area contributed by atoms with Crippen molar-refractivity contribution in [3.8, 4) is 5.75 Å². The lowest BCUT2D eigenvalue weighted by molar-refractivity contribution is -0.692. The molecule has 0 saturated carbocycles. The van der Waals surface area contributed by atoms with Gasteiger partial charge in [-0.25, -0.2) is 4.39 Å². The third-order valence-electron chi connectivity index (χ3n) is 4.41. The second-order valence-electron chi connectivity index (χ2n) is 6.88. The van der Waals surface area contributed by atoms with Gasteiger partial charge in [-0.2, -0.15) is 8.78 Å². The summed E-state index contributed by atoms with van der Waals surface area (Å²) in [6.07, 6.45) is 0.590. The molecule has 4 nitrogen and oxygen atoms in total. The number of quaternary nitrogens is 1. The highest BCUT2D eigenvalue weighted by atomic mass is 19.3. The van der Waals surface area contributed by atoms with Crippen molar-refractivity contribution in [2.24, 2.45) is 5.92 Å². The second-order valence-corrected chi connectivity index (χ2v) is 6.88. The first-order chi connectivity index (χ1) is 13.3. The smallest absolute Gasteiger partial charge is 0.387 e. The highest BCUT2D eigenvalue weighted by Crippen LogP contribution is 2.18. The van der Waals surface area contributed by atoms with Gasteiger partial charge in [-0.3, -0.25) is 4.79 Å². The van der Waals surface area contributed by atoms with Gasteiger partial charge in [-0.05, 0) is 36.2 Å². The van der Waals surface area contributed by atoms with Crippen molar-refractivity contribution < 1.29 is 28.0 Å². The zero-order valence-electron chi connectivity index (χ0n) is 16.0. The molecule has 0 aliphatic carbocycles. The number of nitrogens with two attached hydrogens (primary N) is 1. The van der Waals surface area contributed by atoms with Crippen LogP contribution in [0, 0.1) is 11.7 Å². The van der Waals surface area contributed by atoms with E-state index in [1.165, 1.54) is 24.3 Å². The van der Waals surface area contributed by atoms with E-state index in [9.17, 15) is 18.0 Å². The Bertz CT molecular complexity index is 734. The summed E-state index contributed by atoms with van der Waals surface area (Å²) in [5.74, 6) is 0.0216. The minimum atomic E-state index is -2.84. The van der Waals surface area contributed by atoms with E-state index < -0.39 is 6.61 Å². The van der Waals surface area contributed by atoms with E-state index in [2.05, 4.69) is 23.9 Å². The summed E-state index contributed by atoms with van der Waals surface area (Å²) >= 11 is 0. The fourth-order valence-electron chi connectivity index (χ4n) is 2.97. The highest BCUT2D eigenvalue weighted by molar-refractivity contribution is 5.76. The first-order valence-corrected chi connectivity index (χ1v) is 9.24. The number of alkyl halides is 2. The van der Waals surface area contributed by atoms with Crippen LogP contribution in [0.25, 0.3) is 0 Å². The topological polar surface area (TPSA) is 54.9 Å². The number of hydrogen-bond acceptors (Lipinski definition) is 2. The molecule has 0 spiro atoms. The van der Waals surface area contributed by atoms with Gasteiger partial charge in [0.05, 0.1) is 0 Å². The number of amides is 1. The fraction of sp³-hybridized carbons (Fsp3) is 0.381. The molecule has 0 bridgehead atoms. The number of carbonyl (C=O) groups is 1. The van der Waals surface area contributed by atoms with Crippen LogP contribution >= 0.6 is 0 Å². The number of ether oxygens (including phenoxy) is 1. The summed E-state index contributed by atoms with van der Waals surface area (Å²) in [6, 6.07) is 12.8. The van der Waals surface area contributed by atoms with Crippen LogP contribution in [0.1, 0.15) is 31.0 Å². The van der Waals surface area contributed by atoms with Gasteiger partial charge in [0.15, 0.2) is 6.54 Å². The molecule has 1 atom stereocenters. The van der Waals surface area contributed by atoms with Crippen LogP contribution in [0.2, 0.25) is 0 Å². The van der Waals surface area contributed by atoms with Crippen molar-refractivity contribution in [3.63, 3.8) is 0 Å². The Kier molecular flexibility index (Phi) is 8.32. The van der Waals surface area contributed by atoms with Crippen LogP contribution < -0.4 is 15.4 Å². The van der Waals surface area contributed by atoms with E-state index in [0.29, 0.717) is 13.0 Å². The zero-order valence-corrected chi connectivity index (χ0v) is 16.0. The minimum absolute atomic E-state index is 0.0636. The number of nitrogens with one attached hydrogen (secondary N) is 1. The molecule has 0 saturated heterocycles. The molecule has 2 aromatic carbocycles. The van der Waals surface area contributed by atoms with E-state index >= 15 is 0 Å². The van der Waals surface area contributed by atoms with Gasteiger partial charge in [-0.15, -0.1) is 0 Å². The lowest BCUT2D eigenvalue weighted by atomic mass is 9.96. The molecule has 0 aliphatic rings. The van der Waals surface area contributed by atoms with Crippen molar-refractivity contribution in [1.29, 1.82) is 0 Å². The maximum atomic E-state index is 13.1. The molecule has 0 radical (unpaired) electrons.